The van der Waals surface area contributed by atoms with Crippen LogP contribution in [0.5, 0.6) is 0 Å². The maximum Gasteiger partial charge on any atom is 0.417 e. The first-order valence-corrected chi connectivity index (χ1v) is 13.9. The van der Waals surface area contributed by atoms with E-state index in [-0.39, 0.29) is 36.5 Å². The van der Waals surface area contributed by atoms with E-state index in [4.69, 9.17) is 9.16 Å². The van der Waals surface area contributed by atoms with Gasteiger partial charge in [0.05, 0.1) is 18.2 Å². The summed E-state index contributed by atoms with van der Waals surface area (Å²) in [5, 5.41) is 11.0. The van der Waals surface area contributed by atoms with Gasteiger partial charge in [0, 0.05) is 11.5 Å². The number of aliphatic hydroxyl groups excluding tert-OH is 1. The minimum atomic E-state index is -2.13. The van der Waals surface area contributed by atoms with E-state index in [0.717, 1.165) is 0 Å². The second-order valence-corrected chi connectivity index (χ2v) is 15.8. The molecule has 0 bridgehead atoms. The highest BCUT2D eigenvalue weighted by molar-refractivity contribution is 6.77. The number of carbonyl (C=O) groups excluding carboxylic acids is 2. The Morgan fingerprint density at radius 3 is 1.97 bits per heavy atom. The molecule has 0 unspecified atom stereocenters. The molecular weight excluding hydrogens is 410 g/mol. The Hall–Kier alpha value is -1.18. The third kappa shape index (κ3) is 5.99. The number of ether oxygens (including phenoxy) is 1. The Morgan fingerprint density at radius 2 is 1.55 bits per heavy atom. The summed E-state index contributed by atoms with van der Waals surface area (Å²) in [4.78, 5) is 26.3. The van der Waals surface area contributed by atoms with Crippen LogP contribution in [0, 0.1) is 11.8 Å². The number of hydrogen-bond acceptors (Lipinski definition) is 5. The number of rotatable bonds is 10. The topological polar surface area (TPSA) is 76.1 Å². The lowest BCUT2D eigenvalue weighted by Gasteiger charge is -2.45. The van der Waals surface area contributed by atoms with Gasteiger partial charge in [-0.2, -0.15) is 0 Å². The maximum atomic E-state index is 12.9. The SMILES string of the molecule is C/C(=C\[C@H](C)[C@H](O)[C@H](C)O[Si](C(C)C)(C(C)C)C(C)C)C(=O)N1C(=O)OC[C@@H]1C(C)C. The van der Waals surface area contributed by atoms with Crippen LogP contribution in [0.25, 0.3) is 0 Å². The number of cyclic esters (lactones) is 1. The summed E-state index contributed by atoms with van der Waals surface area (Å²) >= 11 is 0. The molecule has 1 rings (SSSR count). The molecule has 0 aromatic carbocycles. The fraction of sp³-hybridized carbons (Fsp3) is 0.833. The average molecular weight is 456 g/mol. The van der Waals surface area contributed by atoms with Gasteiger partial charge in [-0.15, -0.1) is 0 Å². The van der Waals surface area contributed by atoms with Crippen molar-refractivity contribution in [2.24, 2.45) is 11.8 Å². The second kappa shape index (κ2) is 11.1. The first kappa shape index (κ1) is 27.9. The van der Waals surface area contributed by atoms with Crippen LogP contribution in [0.1, 0.15) is 76.2 Å². The molecule has 0 aromatic heterocycles. The summed E-state index contributed by atoms with van der Waals surface area (Å²) in [7, 11) is -2.13. The molecule has 1 heterocycles. The Bertz CT molecular complexity index is 637. The predicted octanol–water partition coefficient (Wildman–Crippen LogP) is 5.51. The number of carbonyl (C=O) groups is 2. The fourth-order valence-corrected chi connectivity index (χ4v) is 10.7. The molecule has 6 nitrogen and oxygen atoms in total. The van der Waals surface area contributed by atoms with Crippen LogP contribution in [-0.2, 0) is 14.0 Å². The zero-order valence-corrected chi connectivity index (χ0v) is 22.4. The molecule has 4 atom stereocenters. The molecule has 7 heteroatoms. The van der Waals surface area contributed by atoms with Gasteiger partial charge in [-0.25, -0.2) is 9.69 Å². The Morgan fingerprint density at radius 1 is 1.06 bits per heavy atom. The van der Waals surface area contributed by atoms with Gasteiger partial charge < -0.3 is 14.3 Å². The van der Waals surface area contributed by atoms with Gasteiger partial charge in [-0.3, -0.25) is 4.79 Å². The summed E-state index contributed by atoms with van der Waals surface area (Å²) in [6.07, 6.45) is 0.0487. The maximum absolute atomic E-state index is 12.9. The van der Waals surface area contributed by atoms with Gasteiger partial charge in [0.15, 0.2) is 0 Å². The minimum absolute atomic E-state index is 0.112. The first-order chi connectivity index (χ1) is 14.2. The summed E-state index contributed by atoms with van der Waals surface area (Å²) in [6, 6.07) is -0.263. The van der Waals surface area contributed by atoms with Crippen molar-refractivity contribution >= 4 is 20.3 Å². The summed E-state index contributed by atoms with van der Waals surface area (Å²) < 4.78 is 11.8. The third-order valence-corrected chi connectivity index (χ3v) is 13.1. The second-order valence-electron chi connectivity index (χ2n) is 10.4. The summed E-state index contributed by atoms with van der Waals surface area (Å²) in [5.74, 6) is -0.543. The molecule has 1 saturated heterocycles. The van der Waals surface area contributed by atoms with E-state index in [1.54, 1.807) is 13.0 Å². The van der Waals surface area contributed by atoms with Crippen LogP contribution in [0.3, 0.4) is 0 Å². The molecule has 2 amide bonds. The highest BCUT2D eigenvalue weighted by Crippen LogP contribution is 2.43. The first-order valence-electron chi connectivity index (χ1n) is 11.7. The van der Waals surface area contributed by atoms with Crippen molar-refractivity contribution in [3.05, 3.63) is 11.6 Å². The van der Waals surface area contributed by atoms with E-state index >= 15 is 0 Å². The number of aliphatic hydroxyl groups is 1. The largest absolute Gasteiger partial charge is 0.447 e. The molecule has 1 fully saturated rings. The number of nitrogens with zero attached hydrogens (tertiary/aromatic N) is 1. The van der Waals surface area contributed by atoms with Crippen LogP contribution >= 0.6 is 0 Å². The van der Waals surface area contributed by atoms with E-state index in [1.807, 2.05) is 27.7 Å². The normalized spacial score (nSPS) is 21.3. The predicted molar refractivity (Wildman–Crippen MR) is 127 cm³/mol. The van der Waals surface area contributed by atoms with Gasteiger partial charge in [0.25, 0.3) is 5.91 Å². The van der Waals surface area contributed by atoms with Crippen molar-refractivity contribution in [1.82, 2.24) is 4.90 Å². The highest BCUT2D eigenvalue weighted by Gasteiger charge is 2.47. The number of amides is 2. The lowest BCUT2D eigenvalue weighted by molar-refractivity contribution is -0.125. The Kier molecular flexibility index (Phi) is 9.97. The minimum Gasteiger partial charge on any atom is -0.447 e. The van der Waals surface area contributed by atoms with Crippen molar-refractivity contribution in [2.45, 2.75) is 111 Å². The van der Waals surface area contributed by atoms with Crippen LogP contribution in [0.2, 0.25) is 16.6 Å². The Labute approximate surface area is 190 Å². The van der Waals surface area contributed by atoms with Crippen molar-refractivity contribution in [2.75, 3.05) is 6.61 Å². The smallest absolute Gasteiger partial charge is 0.417 e. The monoisotopic (exact) mass is 455 g/mol. The van der Waals surface area contributed by atoms with Crippen molar-refractivity contribution in [1.29, 1.82) is 0 Å². The van der Waals surface area contributed by atoms with E-state index in [2.05, 4.69) is 41.5 Å². The quantitative estimate of drug-likeness (QED) is 0.347. The van der Waals surface area contributed by atoms with Gasteiger partial charge in [-0.1, -0.05) is 68.4 Å². The van der Waals surface area contributed by atoms with Crippen LogP contribution in [-0.4, -0.2) is 55.2 Å². The molecule has 180 valence electrons. The van der Waals surface area contributed by atoms with E-state index < -0.39 is 20.5 Å². The number of imide groups is 1. The summed E-state index contributed by atoms with van der Waals surface area (Å²) in [6.45, 7) is 23.0. The summed E-state index contributed by atoms with van der Waals surface area (Å²) in [5.41, 5.74) is 1.70. The van der Waals surface area contributed by atoms with Gasteiger partial charge in [0.2, 0.25) is 8.32 Å². The molecule has 31 heavy (non-hydrogen) atoms. The van der Waals surface area contributed by atoms with E-state index in [9.17, 15) is 14.7 Å². The lowest BCUT2D eigenvalue weighted by Crippen LogP contribution is -2.52. The van der Waals surface area contributed by atoms with Crippen molar-refractivity contribution < 1.29 is 23.9 Å². The van der Waals surface area contributed by atoms with Crippen LogP contribution in [0.15, 0.2) is 11.6 Å². The average Bonchev–Trinajstić information content (AvgIpc) is 3.05. The molecule has 1 aliphatic rings. The van der Waals surface area contributed by atoms with Gasteiger partial charge in [-0.05, 0) is 36.4 Å². The highest BCUT2D eigenvalue weighted by atomic mass is 28.4. The van der Waals surface area contributed by atoms with Gasteiger partial charge in [0.1, 0.15) is 6.61 Å². The standard InChI is InChI=1S/C24H45NO5Si/c1-14(2)21-13-29-24(28)25(21)23(27)19(10)12-18(9)22(26)20(11)30-31(15(3)4,16(5)6)17(7)8/h12,14-18,20-22,26H,13H2,1-11H3/b19-12+/t18-,20-,21+,22-/m0/s1. The zero-order chi connectivity index (χ0) is 24.3. The molecule has 0 saturated carbocycles. The molecule has 0 spiro atoms. The van der Waals surface area contributed by atoms with Gasteiger partial charge >= 0.3 is 6.09 Å². The number of hydrogen-bond donors (Lipinski definition) is 1. The molecule has 0 aromatic rings. The fourth-order valence-electron chi connectivity index (χ4n) is 5.14. The van der Waals surface area contributed by atoms with E-state index in [1.165, 1.54) is 4.90 Å². The molecule has 1 N–H and O–H groups in total. The zero-order valence-electron chi connectivity index (χ0n) is 21.4. The molecule has 0 radical (unpaired) electrons. The van der Waals surface area contributed by atoms with Crippen molar-refractivity contribution in [3.63, 3.8) is 0 Å². The lowest BCUT2D eigenvalue weighted by atomic mass is 9.97. The third-order valence-electron chi connectivity index (χ3n) is 6.86. The van der Waals surface area contributed by atoms with Crippen LogP contribution < -0.4 is 0 Å². The molecule has 1 aliphatic heterocycles. The molecular formula is C24H45NO5Si. The Balaban J connectivity index is 3.01. The van der Waals surface area contributed by atoms with Crippen molar-refractivity contribution in [3.8, 4) is 0 Å². The van der Waals surface area contributed by atoms with E-state index in [0.29, 0.717) is 22.2 Å². The van der Waals surface area contributed by atoms with Crippen LogP contribution in [0.4, 0.5) is 4.79 Å². The molecule has 0 aliphatic carbocycles.